The summed E-state index contributed by atoms with van der Waals surface area (Å²) < 4.78 is 0. The lowest BCUT2D eigenvalue weighted by atomic mass is 10.3. The SMILES string of the molecule is CC(C)NCC(C)Sc1nc2ccccc2[nH]1. The number of para-hydroxylation sites is 2. The fourth-order valence-electron chi connectivity index (χ4n) is 1.62. The van der Waals surface area contributed by atoms with Crippen LogP contribution in [0.5, 0.6) is 0 Å². The number of H-pyrrole nitrogens is 1. The Kier molecular flexibility index (Phi) is 4.07. The Labute approximate surface area is 106 Å². The van der Waals surface area contributed by atoms with Gasteiger partial charge in [0.25, 0.3) is 0 Å². The molecule has 0 aliphatic heterocycles. The van der Waals surface area contributed by atoms with Crippen LogP contribution in [0.4, 0.5) is 0 Å². The van der Waals surface area contributed by atoms with Crippen LogP contribution < -0.4 is 5.32 Å². The van der Waals surface area contributed by atoms with E-state index >= 15 is 0 Å². The van der Waals surface area contributed by atoms with Gasteiger partial charge in [-0.1, -0.05) is 44.7 Å². The summed E-state index contributed by atoms with van der Waals surface area (Å²) in [6.45, 7) is 7.55. The van der Waals surface area contributed by atoms with Crippen molar-refractivity contribution in [3.63, 3.8) is 0 Å². The third kappa shape index (κ3) is 3.48. The molecule has 0 fully saturated rings. The van der Waals surface area contributed by atoms with Crippen molar-refractivity contribution in [3.05, 3.63) is 24.3 Å². The number of fused-ring (bicyclic) bond motifs is 1. The zero-order valence-corrected chi connectivity index (χ0v) is 11.3. The summed E-state index contributed by atoms with van der Waals surface area (Å²) in [5, 5.41) is 4.95. The second-order valence-electron chi connectivity index (χ2n) is 4.55. The van der Waals surface area contributed by atoms with Crippen LogP contribution in [0.15, 0.2) is 29.4 Å². The number of nitrogens with one attached hydrogen (secondary N) is 2. The van der Waals surface area contributed by atoms with Crippen molar-refractivity contribution in [2.24, 2.45) is 0 Å². The van der Waals surface area contributed by atoms with Gasteiger partial charge in [-0.05, 0) is 12.1 Å². The lowest BCUT2D eigenvalue weighted by Gasteiger charge is -2.12. The Morgan fingerprint density at radius 3 is 2.76 bits per heavy atom. The normalized spacial score (nSPS) is 13.4. The molecule has 1 heterocycles. The minimum Gasteiger partial charge on any atom is -0.333 e. The monoisotopic (exact) mass is 249 g/mol. The van der Waals surface area contributed by atoms with E-state index in [9.17, 15) is 0 Å². The number of hydrogen-bond donors (Lipinski definition) is 2. The standard InChI is InChI=1S/C13H19N3S/c1-9(2)14-8-10(3)17-13-15-11-6-4-5-7-12(11)16-13/h4-7,9-10,14H,8H2,1-3H3,(H,15,16). The molecule has 3 nitrogen and oxygen atoms in total. The van der Waals surface area contributed by atoms with Crippen molar-refractivity contribution in [2.45, 2.75) is 37.2 Å². The van der Waals surface area contributed by atoms with Gasteiger partial charge in [-0.2, -0.15) is 0 Å². The maximum atomic E-state index is 4.56. The van der Waals surface area contributed by atoms with Crippen LogP contribution in [-0.4, -0.2) is 27.8 Å². The fourth-order valence-corrected chi connectivity index (χ4v) is 2.50. The molecule has 0 aliphatic rings. The summed E-state index contributed by atoms with van der Waals surface area (Å²) in [4.78, 5) is 7.90. The van der Waals surface area contributed by atoms with Gasteiger partial charge < -0.3 is 10.3 Å². The van der Waals surface area contributed by atoms with Gasteiger partial charge in [-0.15, -0.1) is 0 Å². The minimum atomic E-state index is 0.512. The van der Waals surface area contributed by atoms with E-state index in [1.807, 2.05) is 18.2 Å². The molecule has 1 unspecified atom stereocenters. The molecule has 4 heteroatoms. The number of aromatic amines is 1. The highest BCUT2D eigenvalue weighted by molar-refractivity contribution is 7.99. The Hall–Kier alpha value is -1.00. The topological polar surface area (TPSA) is 40.7 Å². The van der Waals surface area contributed by atoms with E-state index in [4.69, 9.17) is 0 Å². The van der Waals surface area contributed by atoms with Crippen LogP contribution in [0.3, 0.4) is 0 Å². The maximum Gasteiger partial charge on any atom is 0.166 e. The first kappa shape index (κ1) is 12.5. The van der Waals surface area contributed by atoms with Gasteiger partial charge in [0.1, 0.15) is 0 Å². The highest BCUT2D eigenvalue weighted by Crippen LogP contribution is 2.22. The molecule has 0 bridgehead atoms. The number of rotatable bonds is 5. The van der Waals surface area contributed by atoms with E-state index in [1.165, 1.54) is 0 Å². The molecule has 1 aromatic heterocycles. The zero-order valence-electron chi connectivity index (χ0n) is 10.5. The van der Waals surface area contributed by atoms with Gasteiger partial charge in [0.05, 0.1) is 11.0 Å². The van der Waals surface area contributed by atoms with Crippen LogP contribution in [0.25, 0.3) is 11.0 Å². The van der Waals surface area contributed by atoms with Crippen LogP contribution in [0, 0.1) is 0 Å². The molecule has 0 amide bonds. The molecule has 1 aromatic carbocycles. The first-order valence-electron chi connectivity index (χ1n) is 6.00. The van der Waals surface area contributed by atoms with E-state index in [1.54, 1.807) is 11.8 Å². The molecule has 1 atom stereocenters. The van der Waals surface area contributed by atoms with E-state index in [0.29, 0.717) is 11.3 Å². The Balaban J connectivity index is 1.98. The zero-order chi connectivity index (χ0) is 12.3. The Morgan fingerprint density at radius 1 is 1.29 bits per heavy atom. The van der Waals surface area contributed by atoms with Crippen LogP contribution in [0.2, 0.25) is 0 Å². The van der Waals surface area contributed by atoms with Crippen molar-refractivity contribution in [2.75, 3.05) is 6.54 Å². The molecule has 2 rings (SSSR count). The van der Waals surface area contributed by atoms with Crippen molar-refractivity contribution >= 4 is 22.8 Å². The fraction of sp³-hybridized carbons (Fsp3) is 0.462. The van der Waals surface area contributed by atoms with E-state index in [2.05, 4.69) is 42.1 Å². The van der Waals surface area contributed by atoms with Gasteiger partial charge in [-0.3, -0.25) is 0 Å². The van der Waals surface area contributed by atoms with E-state index < -0.39 is 0 Å². The highest BCUT2D eigenvalue weighted by Gasteiger charge is 2.08. The summed E-state index contributed by atoms with van der Waals surface area (Å²) >= 11 is 1.78. The number of thioether (sulfide) groups is 1. The van der Waals surface area contributed by atoms with E-state index in [0.717, 1.165) is 22.7 Å². The van der Waals surface area contributed by atoms with Crippen molar-refractivity contribution in [1.82, 2.24) is 15.3 Å². The molecule has 92 valence electrons. The molecular formula is C13H19N3S. The van der Waals surface area contributed by atoms with Gasteiger partial charge in [0.2, 0.25) is 0 Å². The summed E-state index contributed by atoms with van der Waals surface area (Å²) in [7, 11) is 0. The molecule has 0 spiro atoms. The minimum absolute atomic E-state index is 0.512. The number of aromatic nitrogens is 2. The lowest BCUT2D eigenvalue weighted by Crippen LogP contribution is -2.29. The van der Waals surface area contributed by atoms with Crippen LogP contribution in [-0.2, 0) is 0 Å². The van der Waals surface area contributed by atoms with Gasteiger partial charge in [-0.25, -0.2) is 4.98 Å². The predicted octanol–water partition coefficient (Wildman–Crippen LogP) is 3.04. The first-order chi connectivity index (χ1) is 8.15. The molecule has 0 saturated carbocycles. The molecule has 0 radical (unpaired) electrons. The third-order valence-electron chi connectivity index (χ3n) is 2.49. The average molecular weight is 249 g/mol. The van der Waals surface area contributed by atoms with Crippen LogP contribution >= 0.6 is 11.8 Å². The quantitative estimate of drug-likeness (QED) is 0.800. The first-order valence-corrected chi connectivity index (χ1v) is 6.88. The molecular weight excluding hydrogens is 230 g/mol. The second kappa shape index (κ2) is 5.56. The highest BCUT2D eigenvalue weighted by atomic mass is 32.2. The number of benzene rings is 1. The summed E-state index contributed by atoms with van der Waals surface area (Å²) in [6, 6.07) is 8.67. The lowest BCUT2D eigenvalue weighted by molar-refractivity contribution is 0.589. The molecule has 0 saturated heterocycles. The number of imidazole rings is 1. The van der Waals surface area contributed by atoms with Gasteiger partial charge in [0.15, 0.2) is 5.16 Å². The molecule has 2 aromatic rings. The van der Waals surface area contributed by atoms with Gasteiger partial charge >= 0.3 is 0 Å². The summed E-state index contributed by atoms with van der Waals surface area (Å²) in [5.41, 5.74) is 2.15. The van der Waals surface area contributed by atoms with Gasteiger partial charge in [0, 0.05) is 17.8 Å². The van der Waals surface area contributed by atoms with Crippen molar-refractivity contribution in [1.29, 1.82) is 0 Å². The Morgan fingerprint density at radius 2 is 2.06 bits per heavy atom. The van der Waals surface area contributed by atoms with Crippen molar-refractivity contribution in [3.8, 4) is 0 Å². The molecule has 2 N–H and O–H groups in total. The molecule has 0 aliphatic carbocycles. The maximum absolute atomic E-state index is 4.56. The predicted molar refractivity (Wildman–Crippen MR) is 74.6 cm³/mol. The average Bonchev–Trinajstić information content (AvgIpc) is 2.68. The van der Waals surface area contributed by atoms with E-state index in [-0.39, 0.29) is 0 Å². The smallest absolute Gasteiger partial charge is 0.166 e. The largest absolute Gasteiger partial charge is 0.333 e. The number of nitrogens with zero attached hydrogens (tertiary/aromatic N) is 1. The molecule has 17 heavy (non-hydrogen) atoms. The summed E-state index contributed by atoms with van der Waals surface area (Å²) in [6.07, 6.45) is 0. The number of hydrogen-bond acceptors (Lipinski definition) is 3. The Bertz CT molecular complexity index is 445. The van der Waals surface area contributed by atoms with Crippen molar-refractivity contribution < 1.29 is 0 Å². The van der Waals surface area contributed by atoms with Crippen LogP contribution in [0.1, 0.15) is 20.8 Å². The third-order valence-corrected chi connectivity index (χ3v) is 3.48. The second-order valence-corrected chi connectivity index (χ2v) is 5.98. The summed E-state index contributed by atoms with van der Waals surface area (Å²) in [5.74, 6) is 0.